The van der Waals surface area contributed by atoms with E-state index < -0.39 is 0 Å². The first kappa shape index (κ1) is 17.8. The third kappa shape index (κ3) is 3.99. The number of nitrogens with one attached hydrogen (secondary N) is 1. The molecule has 7 heteroatoms. The second-order valence-electron chi connectivity index (χ2n) is 6.89. The van der Waals surface area contributed by atoms with E-state index in [4.69, 9.17) is 5.73 Å². The van der Waals surface area contributed by atoms with Crippen LogP contribution in [0.15, 0.2) is 30.3 Å². The summed E-state index contributed by atoms with van der Waals surface area (Å²) >= 11 is 0. The fourth-order valence-corrected chi connectivity index (χ4v) is 2.92. The molecule has 0 bridgehead atoms. The third-order valence-electron chi connectivity index (χ3n) is 4.03. The lowest BCUT2D eigenvalue weighted by molar-refractivity contribution is 0.0777. The van der Waals surface area contributed by atoms with Crippen molar-refractivity contribution >= 4 is 22.8 Å². The first-order valence-corrected chi connectivity index (χ1v) is 8.48. The number of hydrogen-bond acceptors (Lipinski definition) is 4. The topological polar surface area (TPSA) is 87.9 Å². The molecule has 3 N–H and O–H groups in total. The summed E-state index contributed by atoms with van der Waals surface area (Å²) in [5.74, 6) is -0.0340. The van der Waals surface area contributed by atoms with Gasteiger partial charge in [-0.1, -0.05) is 13.8 Å². The number of aromatic nitrogens is 3. The zero-order valence-electron chi connectivity index (χ0n) is 15.1. The van der Waals surface area contributed by atoms with E-state index in [0.29, 0.717) is 12.5 Å². The smallest absolute Gasteiger partial charge is 0.272 e. The SMILES string of the molecule is CC(C)Cc1cc(C(=O)N(C)Cc2cc3cc(F)ccc3[nH]2)nc(N)n1. The van der Waals surface area contributed by atoms with Crippen molar-refractivity contribution in [2.45, 2.75) is 26.8 Å². The molecule has 2 aromatic heterocycles. The van der Waals surface area contributed by atoms with E-state index in [0.717, 1.165) is 28.7 Å². The van der Waals surface area contributed by atoms with Crippen molar-refractivity contribution in [1.29, 1.82) is 0 Å². The van der Waals surface area contributed by atoms with Crippen molar-refractivity contribution in [3.8, 4) is 0 Å². The number of H-pyrrole nitrogens is 1. The number of benzene rings is 1. The molecule has 3 aromatic rings. The Kier molecular flexibility index (Phi) is 4.88. The highest BCUT2D eigenvalue weighted by atomic mass is 19.1. The van der Waals surface area contributed by atoms with Crippen LogP contribution in [-0.2, 0) is 13.0 Å². The van der Waals surface area contributed by atoms with E-state index in [1.807, 2.05) is 6.07 Å². The number of rotatable bonds is 5. The zero-order chi connectivity index (χ0) is 18.8. The van der Waals surface area contributed by atoms with Crippen molar-refractivity contribution in [3.05, 3.63) is 53.2 Å². The molecule has 0 fully saturated rings. The first-order valence-electron chi connectivity index (χ1n) is 8.48. The monoisotopic (exact) mass is 355 g/mol. The molecule has 0 unspecified atom stereocenters. The minimum atomic E-state index is -0.290. The summed E-state index contributed by atoms with van der Waals surface area (Å²) in [6.45, 7) is 4.49. The van der Waals surface area contributed by atoms with Crippen LogP contribution in [-0.4, -0.2) is 32.8 Å². The Balaban J connectivity index is 1.79. The van der Waals surface area contributed by atoms with Gasteiger partial charge in [0.05, 0.1) is 6.54 Å². The largest absolute Gasteiger partial charge is 0.368 e. The maximum Gasteiger partial charge on any atom is 0.272 e. The molecule has 6 nitrogen and oxygen atoms in total. The minimum absolute atomic E-state index is 0.0981. The quantitative estimate of drug-likeness (QED) is 0.736. The lowest BCUT2D eigenvalue weighted by Gasteiger charge is -2.16. The summed E-state index contributed by atoms with van der Waals surface area (Å²) in [7, 11) is 1.69. The van der Waals surface area contributed by atoms with Crippen molar-refractivity contribution in [3.63, 3.8) is 0 Å². The average Bonchev–Trinajstić information content (AvgIpc) is 2.94. The summed E-state index contributed by atoms with van der Waals surface area (Å²) in [6.07, 6.45) is 0.726. The van der Waals surface area contributed by atoms with Gasteiger partial charge in [0.2, 0.25) is 5.95 Å². The van der Waals surface area contributed by atoms with Gasteiger partial charge in [0.25, 0.3) is 5.91 Å². The summed E-state index contributed by atoms with van der Waals surface area (Å²) in [6, 6.07) is 8.06. The summed E-state index contributed by atoms with van der Waals surface area (Å²) in [4.78, 5) is 25.7. The Morgan fingerprint density at radius 1 is 1.27 bits per heavy atom. The molecule has 0 aliphatic rings. The second-order valence-corrected chi connectivity index (χ2v) is 6.89. The predicted molar refractivity (Wildman–Crippen MR) is 99.0 cm³/mol. The molecule has 136 valence electrons. The van der Waals surface area contributed by atoms with Gasteiger partial charge in [-0.05, 0) is 42.7 Å². The number of amides is 1. The number of aromatic amines is 1. The molecule has 0 radical (unpaired) electrons. The van der Waals surface area contributed by atoms with E-state index in [1.54, 1.807) is 24.1 Å². The number of nitrogen functional groups attached to an aromatic ring is 1. The number of halogens is 1. The molecular formula is C19H22FN5O. The third-order valence-corrected chi connectivity index (χ3v) is 4.03. The number of nitrogens with two attached hydrogens (primary N) is 1. The lowest BCUT2D eigenvalue weighted by Crippen LogP contribution is -2.27. The van der Waals surface area contributed by atoms with Gasteiger partial charge in [0.15, 0.2) is 0 Å². The van der Waals surface area contributed by atoms with Crippen LogP contribution in [0.25, 0.3) is 10.9 Å². The molecule has 26 heavy (non-hydrogen) atoms. The van der Waals surface area contributed by atoms with Crippen LogP contribution in [0.2, 0.25) is 0 Å². The highest BCUT2D eigenvalue weighted by Crippen LogP contribution is 2.18. The van der Waals surface area contributed by atoms with Crippen LogP contribution in [0.4, 0.5) is 10.3 Å². The van der Waals surface area contributed by atoms with E-state index in [-0.39, 0.29) is 23.4 Å². The number of carbonyl (C=O) groups is 1. The van der Waals surface area contributed by atoms with Crippen LogP contribution in [0, 0.1) is 11.7 Å². The second kappa shape index (κ2) is 7.11. The summed E-state index contributed by atoms with van der Waals surface area (Å²) < 4.78 is 13.3. The fraction of sp³-hybridized carbons (Fsp3) is 0.316. The maximum atomic E-state index is 13.3. The molecule has 0 aliphatic heterocycles. The molecule has 0 spiro atoms. The normalized spacial score (nSPS) is 11.3. The van der Waals surface area contributed by atoms with Crippen LogP contribution < -0.4 is 5.73 Å². The first-order chi connectivity index (χ1) is 12.3. The lowest BCUT2D eigenvalue weighted by atomic mass is 10.1. The number of fused-ring (bicyclic) bond motifs is 1. The molecule has 3 rings (SSSR count). The van der Waals surface area contributed by atoms with Gasteiger partial charge in [0, 0.05) is 29.3 Å². The van der Waals surface area contributed by atoms with Crippen molar-refractivity contribution in [2.75, 3.05) is 12.8 Å². The van der Waals surface area contributed by atoms with Gasteiger partial charge in [-0.3, -0.25) is 4.79 Å². The number of hydrogen-bond donors (Lipinski definition) is 2. The van der Waals surface area contributed by atoms with Crippen LogP contribution in [0.5, 0.6) is 0 Å². The van der Waals surface area contributed by atoms with E-state index in [1.165, 1.54) is 12.1 Å². The van der Waals surface area contributed by atoms with E-state index in [2.05, 4.69) is 28.8 Å². The van der Waals surface area contributed by atoms with Crippen molar-refractivity contribution in [1.82, 2.24) is 19.9 Å². The molecular weight excluding hydrogens is 333 g/mol. The Hall–Kier alpha value is -2.96. The highest BCUT2D eigenvalue weighted by Gasteiger charge is 2.17. The molecule has 1 aromatic carbocycles. The highest BCUT2D eigenvalue weighted by molar-refractivity contribution is 5.92. The standard InChI is InChI=1S/C19H22FN5O/c1-11(2)6-14-9-17(24-19(21)23-14)18(26)25(3)10-15-8-12-7-13(20)4-5-16(12)22-15/h4-5,7-9,11,22H,6,10H2,1-3H3,(H2,21,23,24). The minimum Gasteiger partial charge on any atom is -0.368 e. The van der Waals surface area contributed by atoms with Gasteiger partial charge in [-0.2, -0.15) is 0 Å². The van der Waals surface area contributed by atoms with Gasteiger partial charge in [-0.25, -0.2) is 14.4 Å². The molecule has 1 amide bonds. The summed E-state index contributed by atoms with van der Waals surface area (Å²) in [5.41, 5.74) is 8.42. The fourth-order valence-electron chi connectivity index (χ4n) is 2.92. The molecule has 2 heterocycles. The Morgan fingerprint density at radius 2 is 2.04 bits per heavy atom. The van der Waals surface area contributed by atoms with E-state index in [9.17, 15) is 9.18 Å². The van der Waals surface area contributed by atoms with Crippen LogP contribution in [0.1, 0.15) is 35.7 Å². The maximum absolute atomic E-state index is 13.3. The van der Waals surface area contributed by atoms with Gasteiger partial charge >= 0.3 is 0 Å². The number of nitrogens with zero attached hydrogens (tertiary/aromatic N) is 3. The van der Waals surface area contributed by atoms with Crippen LogP contribution >= 0.6 is 0 Å². The van der Waals surface area contributed by atoms with Crippen molar-refractivity contribution in [2.24, 2.45) is 5.92 Å². The van der Waals surface area contributed by atoms with Gasteiger partial charge < -0.3 is 15.6 Å². The number of carbonyl (C=O) groups excluding carboxylic acids is 1. The molecule has 0 saturated carbocycles. The predicted octanol–water partition coefficient (Wildman–Crippen LogP) is 3.15. The molecule has 0 saturated heterocycles. The van der Waals surface area contributed by atoms with Crippen LogP contribution in [0.3, 0.4) is 0 Å². The number of anilines is 1. The molecule has 0 aliphatic carbocycles. The Bertz CT molecular complexity index is 950. The van der Waals surface area contributed by atoms with Gasteiger partial charge in [0.1, 0.15) is 11.5 Å². The van der Waals surface area contributed by atoms with Gasteiger partial charge in [-0.15, -0.1) is 0 Å². The van der Waals surface area contributed by atoms with Crippen molar-refractivity contribution < 1.29 is 9.18 Å². The Morgan fingerprint density at radius 3 is 2.77 bits per heavy atom. The Labute approximate surface area is 151 Å². The molecule has 0 atom stereocenters. The average molecular weight is 355 g/mol. The zero-order valence-corrected chi connectivity index (χ0v) is 15.1. The van der Waals surface area contributed by atoms with E-state index >= 15 is 0 Å². The summed E-state index contributed by atoms with van der Waals surface area (Å²) in [5, 5.41) is 0.770.